The number of halogens is 1. The molecule has 3 rings (SSSR count). The first-order chi connectivity index (χ1) is 9.78. The third kappa shape index (κ3) is 2.60. The molecule has 0 N–H and O–H groups in total. The Morgan fingerprint density at radius 1 is 1.05 bits per heavy atom. The maximum Gasteiger partial charge on any atom is 0.120 e. The van der Waals surface area contributed by atoms with Crippen molar-refractivity contribution in [3.05, 3.63) is 58.4 Å². The van der Waals surface area contributed by atoms with E-state index in [-0.39, 0.29) is 0 Å². The molecule has 0 aliphatic carbocycles. The molecule has 1 heterocycles. The normalized spacial score (nSPS) is 10.7. The Morgan fingerprint density at radius 3 is 2.55 bits per heavy atom. The van der Waals surface area contributed by atoms with Gasteiger partial charge in [-0.05, 0) is 35.7 Å². The first kappa shape index (κ1) is 13.3. The van der Waals surface area contributed by atoms with E-state index in [4.69, 9.17) is 21.1 Å². The van der Waals surface area contributed by atoms with Gasteiger partial charge in [0, 0.05) is 10.9 Å². The second-order valence-corrected chi connectivity index (χ2v) is 5.63. The number of thiophene rings is 1. The van der Waals surface area contributed by atoms with Gasteiger partial charge in [0.2, 0.25) is 0 Å². The van der Waals surface area contributed by atoms with Crippen LogP contribution in [0.15, 0.2) is 47.8 Å². The average Bonchev–Trinajstić information content (AvgIpc) is 2.90. The number of fused-ring (bicyclic) bond motifs is 1. The molecule has 1 aromatic heterocycles. The monoisotopic (exact) mass is 304 g/mol. The minimum Gasteiger partial charge on any atom is -0.497 e. The molecule has 2 nitrogen and oxygen atoms in total. The molecule has 0 fully saturated rings. The minimum atomic E-state index is 0.534. The summed E-state index contributed by atoms with van der Waals surface area (Å²) >= 11 is 7.83. The second kappa shape index (κ2) is 5.73. The SMILES string of the molecule is COc1ccc(OCc2csc3c(Cl)cccc23)cc1. The molecule has 0 saturated carbocycles. The van der Waals surface area contributed by atoms with Crippen LogP contribution in [-0.2, 0) is 6.61 Å². The lowest BCUT2D eigenvalue weighted by Crippen LogP contribution is -1.94. The molecule has 0 amide bonds. The highest BCUT2D eigenvalue weighted by molar-refractivity contribution is 7.18. The lowest BCUT2D eigenvalue weighted by Gasteiger charge is -2.06. The van der Waals surface area contributed by atoms with Gasteiger partial charge in [-0.2, -0.15) is 0 Å². The average molecular weight is 305 g/mol. The maximum atomic E-state index is 6.18. The molecule has 0 aliphatic heterocycles. The smallest absolute Gasteiger partial charge is 0.120 e. The summed E-state index contributed by atoms with van der Waals surface area (Å²) in [5, 5.41) is 4.05. The van der Waals surface area contributed by atoms with Crippen molar-refractivity contribution >= 4 is 33.0 Å². The lowest BCUT2D eigenvalue weighted by atomic mass is 10.2. The number of hydrogen-bond donors (Lipinski definition) is 0. The number of methoxy groups -OCH3 is 1. The first-order valence-electron chi connectivity index (χ1n) is 6.19. The zero-order valence-electron chi connectivity index (χ0n) is 10.9. The summed E-state index contributed by atoms with van der Waals surface area (Å²) in [5.41, 5.74) is 1.16. The standard InChI is InChI=1S/C16H13ClO2S/c1-18-12-5-7-13(8-6-12)19-9-11-10-20-16-14(11)3-2-4-15(16)17/h2-8,10H,9H2,1H3. The minimum absolute atomic E-state index is 0.534. The van der Waals surface area contributed by atoms with E-state index in [2.05, 4.69) is 11.4 Å². The van der Waals surface area contributed by atoms with E-state index >= 15 is 0 Å². The molecule has 0 bridgehead atoms. The molecule has 0 spiro atoms. The molecule has 0 aliphatic rings. The van der Waals surface area contributed by atoms with Crippen LogP contribution in [0.5, 0.6) is 11.5 Å². The van der Waals surface area contributed by atoms with Crippen LogP contribution in [0.2, 0.25) is 5.02 Å². The first-order valence-corrected chi connectivity index (χ1v) is 7.45. The van der Waals surface area contributed by atoms with Crippen molar-refractivity contribution in [1.82, 2.24) is 0 Å². The number of benzene rings is 2. The molecule has 102 valence electrons. The molecular weight excluding hydrogens is 292 g/mol. The van der Waals surface area contributed by atoms with Crippen molar-refractivity contribution in [2.45, 2.75) is 6.61 Å². The summed E-state index contributed by atoms with van der Waals surface area (Å²) in [6.07, 6.45) is 0. The maximum absolute atomic E-state index is 6.18. The van der Waals surface area contributed by atoms with Crippen molar-refractivity contribution in [2.75, 3.05) is 7.11 Å². The van der Waals surface area contributed by atoms with Crippen LogP contribution < -0.4 is 9.47 Å². The predicted molar refractivity (Wildman–Crippen MR) is 84.2 cm³/mol. The van der Waals surface area contributed by atoms with Gasteiger partial charge in [0.1, 0.15) is 18.1 Å². The summed E-state index contributed by atoms with van der Waals surface area (Å²) in [6, 6.07) is 13.5. The largest absolute Gasteiger partial charge is 0.497 e. The highest BCUT2D eigenvalue weighted by atomic mass is 35.5. The van der Waals surface area contributed by atoms with Gasteiger partial charge in [-0.15, -0.1) is 11.3 Å². The van der Waals surface area contributed by atoms with Crippen LogP contribution in [-0.4, -0.2) is 7.11 Å². The zero-order chi connectivity index (χ0) is 13.9. The predicted octanol–water partition coefficient (Wildman–Crippen LogP) is 5.14. The molecule has 4 heteroatoms. The molecule has 3 aromatic rings. The molecular formula is C16H13ClO2S. The number of ether oxygens (including phenoxy) is 2. The third-order valence-corrected chi connectivity index (χ3v) is 4.59. The molecule has 0 atom stereocenters. The Kier molecular flexibility index (Phi) is 3.81. The Morgan fingerprint density at radius 2 is 1.80 bits per heavy atom. The Balaban J connectivity index is 1.78. The zero-order valence-corrected chi connectivity index (χ0v) is 12.5. The highest BCUT2D eigenvalue weighted by Gasteiger charge is 2.07. The van der Waals surface area contributed by atoms with E-state index in [1.807, 2.05) is 36.4 Å². The second-order valence-electron chi connectivity index (χ2n) is 4.34. The fourth-order valence-corrected chi connectivity index (χ4v) is 3.29. The van der Waals surface area contributed by atoms with E-state index in [0.717, 1.165) is 32.2 Å². The van der Waals surface area contributed by atoms with Crippen LogP contribution in [0, 0.1) is 0 Å². The fourth-order valence-electron chi connectivity index (χ4n) is 2.02. The quantitative estimate of drug-likeness (QED) is 0.664. The lowest BCUT2D eigenvalue weighted by molar-refractivity contribution is 0.307. The number of hydrogen-bond acceptors (Lipinski definition) is 3. The van der Waals surface area contributed by atoms with E-state index in [1.54, 1.807) is 18.4 Å². The van der Waals surface area contributed by atoms with Crippen LogP contribution in [0.3, 0.4) is 0 Å². The van der Waals surface area contributed by atoms with E-state index in [0.29, 0.717) is 6.61 Å². The van der Waals surface area contributed by atoms with Crippen LogP contribution in [0.25, 0.3) is 10.1 Å². The van der Waals surface area contributed by atoms with Gasteiger partial charge in [-0.25, -0.2) is 0 Å². The number of rotatable bonds is 4. The summed E-state index contributed by atoms with van der Waals surface area (Å²) < 4.78 is 12.0. The van der Waals surface area contributed by atoms with Gasteiger partial charge < -0.3 is 9.47 Å². The summed E-state index contributed by atoms with van der Waals surface area (Å²) in [5.74, 6) is 1.65. The Bertz CT molecular complexity index is 719. The highest BCUT2D eigenvalue weighted by Crippen LogP contribution is 2.32. The Hall–Kier alpha value is -1.71. The third-order valence-electron chi connectivity index (χ3n) is 3.09. The van der Waals surface area contributed by atoms with Crippen molar-refractivity contribution in [1.29, 1.82) is 0 Å². The van der Waals surface area contributed by atoms with Gasteiger partial charge in [-0.1, -0.05) is 23.7 Å². The fraction of sp³-hybridized carbons (Fsp3) is 0.125. The summed E-state index contributed by atoms with van der Waals surface area (Å²) in [6.45, 7) is 0.534. The van der Waals surface area contributed by atoms with Gasteiger partial charge in [0.15, 0.2) is 0 Å². The summed E-state index contributed by atoms with van der Waals surface area (Å²) in [4.78, 5) is 0. The van der Waals surface area contributed by atoms with Gasteiger partial charge in [-0.3, -0.25) is 0 Å². The Labute approximate surface area is 126 Å². The van der Waals surface area contributed by atoms with Gasteiger partial charge >= 0.3 is 0 Å². The van der Waals surface area contributed by atoms with Crippen LogP contribution >= 0.6 is 22.9 Å². The van der Waals surface area contributed by atoms with Crippen LogP contribution in [0.1, 0.15) is 5.56 Å². The van der Waals surface area contributed by atoms with Crippen LogP contribution in [0.4, 0.5) is 0 Å². The van der Waals surface area contributed by atoms with Crippen molar-refractivity contribution < 1.29 is 9.47 Å². The van der Waals surface area contributed by atoms with E-state index in [1.165, 1.54) is 0 Å². The van der Waals surface area contributed by atoms with Crippen molar-refractivity contribution in [3.63, 3.8) is 0 Å². The molecule has 0 saturated heterocycles. The topological polar surface area (TPSA) is 18.5 Å². The van der Waals surface area contributed by atoms with Crippen molar-refractivity contribution in [3.8, 4) is 11.5 Å². The molecule has 2 aromatic carbocycles. The van der Waals surface area contributed by atoms with E-state index < -0.39 is 0 Å². The van der Waals surface area contributed by atoms with Gasteiger partial charge in [0.25, 0.3) is 0 Å². The molecule has 0 radical (unpaired) electrons. The summed E-state index contributed by atoms with van der Waals surface area (Å²) in [7, 11) is 1.65. The molecule has 20 heavy (non-hydrogen) atoms. The van der Waals surface area contributed by atoms with Crippen molar-refractivity contribution in [2.24, 2.45) is 0 Å². The van der Waals surface area contributed by atoms with E-state index in [9.17, 15) is 0 Å². The van der Waals surface area contributed by atoms with Gasteiger partial charge in [0.05, 0.1) is 16.8 Å². The molecule has 0 unspecified atom stereocenters.